The van der Waals surface area contributed by atoms with Crippen LogP contribution in [0.1, 0.15) is 5.56 Å². The largest absolute Gasteiger partial charge is 0.378 e. The van der Waals surface area contributed by atoms with Gasteiger partial charge >= 0.3 is 0 Å². The van der Waals surface area contributed by atoms with Crippen LogP contribution in [0.15, 0.2) is 18.3 Å². The Morgan fingerprint density at radius 1 is 1.31 bits per heavy atom. The van der Waals surface area contributed by atoms with Gasteiger partial charge in [-0.25, -0.2) is 4.98 Å². The number of hydrogen-bond acceptors (Lipinski definition) is 3. The zero-order valence-corrected chi connectivity index (χ0v) is 7.86. The Hall–Kier alpha value is -1.09. The number of rotatable bonds is 1. The molecular weight excluding hydrogens is 164 g/mol. The second-order valence-corrected chi connectivity index (χ2v) is 3.29. The van der Waals surface area contributed by atoms with Gasteiger partial charge in [0.25, 0.3) is 0 Å². The highest BCUT2D eigenvalue weighted by Crippen LogP contribution is 2.12. The van der Waals surface area contributed by atoms with Crippen LogP contribution in [0.5, 0.6) is 0 Å². The molecule has 0 bridgehead atoms. The van der Waals surface area contributed by atoms with E-state index in [0.29, 0.717) is 0 Å². The molecule has 0 aromatic carbocycles. The summed E-state index contributed by atoms with van der Waals surface area (Å²) in [6.07, 6.45) is 1.91. The molecule has 1 fully saturated rings. The van der Waals surface area contributed by atoms with E-state index < -0.39 is 0 Å². The van der Waals surface area contributed by atoms with Gasteiger partial charge in [0, 0.05) is 19.3 Å². The molecular formula is C10H14N2O. The average Bonchev–Trinajstić information content (AvgIpc) is 2.20. The quantitative estimate of drug-likeness (QED) is 0.646. The van der Waals surface area contributed by atoms with Crippen LogP contribution >= 0.6 is 0 Å². The SMILES string of the molecule is Cc1ccc(N2CCOCC2)nc1. The van der Waals surface area contributed by atoms with E-state index >= 15 is 0 Å². The molecule has 2 heterocycles. The number of hydrogen-bond donors (Lipinski definition) is 0. The number of aryl methyl sites for hydroxylation is 1. The lowest BCUT2D eigenvalue weighted by Crippen LogP contribution is -2.36. The minimum Gasteiger partial charge on any atom is -0.378 e. The average molecular weight is 178 g/mol. The number of aromatic nitrogens is 1. The van der Waals surface area contributed by atoms with Gasteiger partial charge in [0.2, 0.25) is 0 Å². The Morgan fingerprint density at radius 3 is 2.69 bits per heavy atom. The molecule has 1 aromatic heterocycles. The number of nitrogens with zero attached hydrogens (tertiary/aromatic N) is 2. The lowest BCUT2D eigenvalue weighted by molar-refractivity contribution is 0.122. The minimum absolute atomic E-state index is 0.815. The molecule has 3 nitrogen and oxygen atoms in total. The molecule has 1 aromatic rings. The van der Waals surface area contributed by atoms with Crippen molar-refractivity contribution in [1.82, 2.24) is 4.98 Å². The fraction of sp³-hybridized carbons (Fsp3) is 0.500. The van der Waals surface area contributed by atoms with E-state index in [-0.39, 0.29) is 0 Å². The van der Waals surface area contributed by atoms with E-state index in [2.05, 4.69) is 28.9 Å². The van der Waals surface area contributed by atoms with Gasteiger partial charge in [0.15, 0.2) is 0 Å². The van der Waals surface area contributed by atoms with Crippen LogP contribution in [0, 0.1) is 6.92 Å². The van der Waals surface area contributed by atoms with E-state index in [4.69, 9.17) is 4.74 Å². The highest BCUT2D eigenvalue weighted by atomic mass is 16.5. The zero-order valence-electron chi connectivity index (χ0n) is 7.86. The molecule has 0 aliphatic carbocycles. The van der Waals surface area contributed by atoms with Crippen LogP contribution in [-0.2, 0) is 4.74 Å². The Morgan fingerprint density at radius 2 is 2.08 bits per heavy atom. The van der Waals surface area contributed by atoms with E-state index in [1.54, 1.807) is 0 Å². The van der Waals surface area contributed by atoms with Crippen molar-refractivity contribution in [2.45, 2.75) is 6.92 Å². The molecule has 0 spiro atoms. The molecule has 70 valence electrons. The van der Waals surface area contributed by atoms with E-state index in [9.17, 15) is 0 Å². The third-order valence-corrected chi connectivity index (χ3v) is 2.23. The molecule has 1 saturated heterocycles. The van der Waals surface area contributed by atoms with Crippen LogP contribution in [0.25, 0.3) is 0 Å². The van der Waals surface area contributed by atoms with Crippen molar-refractivity contribution in [1.29, 1.82) is 0 Å². The topological polar surface area (TPSA) is 25.4 Å². The minimum atomic E-state index is 0.815. The molecule has 0 atom stereocenters. The first-order valence-electron chi connectivity index (χ1n) is 4.61. The van der Waals surface area contributed by atoms with Gasteiger partial charge in [-0.05, 0) is 18.6 Å². The molecule has 0 N–H and O–H groups in total. The third-order valence-electron chi connectivity index (χ3n) is 2.23. The van der Waals surface area contributed by atoms with Crippen molar-refractivity contribution >= 4 is 5.82 Å². The molecule has 0 saturated carbocycles. The van der Waals surface area contributed by atoms with Crippen LogP contribution in [-0.4, -0.2) is 31.3 Å². The summed E-state index contributed by atoms with van der Waals surface area (Å²) in [7, 11) is 0. The van der Waals surface area contributed by atoms with E-state index in [1.165, 1.54) is 5.56 Å². The van der Waals surface area contributed by atoms with Gasteiger partial charge < -0.3 is 9.64 Å². The fourth-order valence-electron chi connectivity index (χ4n) is 1.44. The predicted octanol–water partition coefficient (Wildman–Crippen LogP) is 1.23. The first kappa shape index (κ1) is 8.51. The molecule has 1 aliphatic rings. The summed E-state index contributed by atoms with van der Waals surface area (Å²) >= 11 is 0. The first-order valence-corrected chi connectivity index (χ1v) is 4.61. The summed E-state index contributed by atoms with van der Waals surface area (Å²) < 4.78 is 5.28. The molecule has 0 amide bonds. The van der Waals surface area contributed by atoms with Crippen molar-refractivity contribution in [2.75, 3.05) is 31.2 Å². The molecule has 13 heavy (non-hydrogen) atoms. The molecule has 0 unspecified atom stereocenters. The fourth-order valence-corrected chi connectivity index (χ4v) is 1.44. The summed E-state index contributed by atoms with van der Waals surface area (Å²) in [5.74, 6) is 1.06. The second kappa shape index (κ2) is 3.75. The number of anilines is 1. The van der Waals surface area contributed by atoms with Crippen molar-refractivity contribution in [3.63, 3.8) is 0 Å². The van der Waals surface area contributed by atoms with Crippen LogP contribution < -0.4 is 4.90 Å². The number of morpholine rings is 1. The molecule has 1 aliphatic heterocycles. The van der Waals surface area contributed by atoms with Gasteiger partial charge in [0.05, 0.1) is 13.2 Å². The highest BCUT2D eigenvalue weighted by Gasteiger charge is 2.11. The van der Waals surface area contributed by atoms with Gasteiger partial charge in [0.1, 0.15) is 5.82 Å². The second-order valence-electron chi connectivity index (χ2n) is 3.29. The highest BCUT2D eigenvalue weighted by molar-refractivity contribution is 5.39. The maximum Gasteiger partial charge on any atom is 0.128 e. The van der Waals surface area contributed by atoms with Crippen molar-refractivity contribution in [3.8, 4) is 0 Å². The van der Waals surface area contributed by atoms with E-state index in [1.807, 2.05) is 6.20 Å². The summed E-state index contributed by atoms with van der Waals surface area (Å²) in [4.78, 5) is 6.63. The van der Waals surface area contributed by atoms with Gasteiger partial charge in [-0.3, -0.25) is 0 Å². The number of ether oxygens (including phenoxy) is 1. The summed E-state index contributed by atoms with van der Waals surface area (Å²) in [6, 6.07) is 4.17. The first-order chi connectivity index (χ1) is 6.36. The van der Waals surface area contributed by atoms with Gasteiger partial charge in [-0.15, -0.1) is 0 Å². The van der Waals surface area contributed by atoms with Crippen LogP contribution in [0.3, 0.4) is 0 Å². The Kier molecular flexibility index (Phi) is 2.45. The normalized spacial score (nSPS) is 17.5. The van der Waals surface area contributed by atoms with Crippen molar-refractivity contribution in [2.24, 2.45) is 0 Å². The summed E-state index contributed by atoms with van der Waals surface area (Å²) in [5, 5.41) is 0. The third kappa shape index (κ3) is 1.98. The molecule has 0 radical (unpaired) electrons. The Balaban J connectivity index is 2.10. The lowest BCUT2D eigenvalue weighted by Gasteiger charge is -2.27. The lowest BCUT2D eigenvalue weighted by atomic mass is 10.3. The smallest absolute Gasteiger partial charge is 0.128 e. The summed E-state index contributed by atoms with van der Waals surface area (Å²) in [6.45, 7) is 5.59. The van der Waals surface area contributed by atoms with Crippen LogP contribution in [0.4, 0.5) is 5.82 Å². The van der Waals surface area contributed by atoms with Crippen molar-refractivity contribution < 1.29 is 4.74 Å². The van der Waals surface area contributed by atoms with Crippen molar-refractivity contribution in [3.05, 3.63) is 23.9 Å². The standard InChI is InChI=1S/C10H14N2O/c1-9-2-3-10(11-8-9)12-4-6-13-7-5-12/h2-3,8H,4-7H2,1H3. The maximum atomic E-state index is 5.28. The van der Waals surface area contributed by atoms with Gasteiger partial charge in [-0.2, -0.15) is 0 Å². The maximum absolute atomic E-state index is 5.28. The van der Waals surface area contributed by atoms with Crippen LogP contribution in [0.2, 0.25) is 0 Å². The predicted molar refractivity (Wildman–Crippen MR) is 52.0 cm³/mol. The molecule has 3 heteroatoms. The van der Waals surface area contributed by atoms with E-state index in [0.717, 1.165) is 32.1 Å². The Labute approximate surface area is 78.3 Å². The Bertz CT molecular complexity index is 265. The molecule has 2 rings (SSSR count). The van der Waals surface area contributed by atoms with Gasteiger partial charge in [-0.1, -0.05) is 6.07 Å². The summed E-state index contributed by atoms with van der Waals surface area (Å²) in [5.41, 5.74) is 1.21. The number of pyridine rings is 1. The zero-order chi connectivity index (χ0) is 9.10. The monoisotopic (exact) mass is 178 g/mol.